The number of nitrogens with one attached hydrogen (secondary N) is 2. The van der Waals surface area contributed by atoms with Crippen LogP contribution >= 0.6 is 11.3 Å². The maximum absolute atomic E-state index is 3.98. The second kappa shape index (κ2) is 5.46. The van der Waals surface area contributed by atoms with Crippen LogP contribution in [0.5, 0.6) is 0 Å². The van der Waals surface area contributed by atoms with Crippen molar-refractivity contribution in [2.45, 2.75) is 18.4 Å². The van der Waals surface area contributed by atoms with Gasteiger partial charge in [0, 0.05) is 19.1 Å². The van der Waals surface area contributed by atoms with Gasteiger partial charge in [0.05, 0.1) is 0 Å². The highest BCUT2D eigenvalue weighted by Gasteiger charge is 2.24. The van der Waals surface area contributed by atoms with E-state index >= 15 is 0 Å². The molecule has 3 rings (SSSR count). The van der Waals surface area contributed by atoms with Gasteiger partial charge in [-0.25, -0.2) is 0 Å². The highest BCUT2D eigenvalue weighted by atomic mass is 32.1. The van der Waals surface area contributed by atoms with Gasteiger partial charge in [0.1, 0.15) is 5.51 Å². The minimum atomic E-state index is 0.513. The van der Waals surface area contributed by atoms with E-state index in [-0.39, 0.29) is 0 Å². The Kier molecular flexibility index (Phi) is 3.52. The van der Waals surface area contributed by atoms with Crippen LogP contribution in [0.2, 0.25) is 0 Å². The van der Waals surface area contributed by atoms with Gasteiger partial charge in [-0.15, -0.1) is 10.2 Å². The molecular formula is C13H16N4S. The molecule has 1 aromatic heterocycles. The predicted molar refractivity (Wildman–Crippen MR) is 74.0 cm³/mol. The van der Waals surface area contributed by atoms with Crippen molar-refractivity contribution in [2.75, 3.05) is 18.4 Å². The lowest BCUT2D eigenvalue weighted by molar-refractivity contribution is 0.627. The first kappa shape index (κ1) is 11.6. The number of nitrogens with zero attached hydrogens (tertiary/aromatic N) is 2. The third-order valence-electron chi connectivity index (χ3n) is 3.35. The SMILES string of the molecule is c1ccc([C@H]2CN[C@H](CNc3nncs3)C2)cc1. The van der Waals surface area contributed by atoms with Crippen LogP contribution < -0.4 is 10.6 Å². The number of benzene rings is 1. The molecule has 2 aromatic rings. The Bertz CT molecular complexity index is 471. The molecule has 1 aromatic carbocycles. The third-order valence-corrected chi connectivity index (χ3v) is 4.00. The van der Waals surface area contributed by atoms with Crippen molar-refractivity contribution < 1.29 is 0 Å². The first-order valence-corrected chi connectivity index (χ1v) is 7.08. The predicted octanol–water partition coefficient (Wildman–Crippen LogP) is 2.10. The summed E-state index contributed by atoms with van der Waals surface area (Å²) >= 11 is 1.54. The van der Waals surface area contributed by atoms with Gasteiger partial charge in [-0.05, 0) is 17.9 Å². The number of hydrogen-bond donors (Lipinski definition) is 2. The fourth-order valence-electron chi connectivity index (χ4n) is 2.41. The summed E-state index contributed by atoms with van der Waals surface area (Å²) in [5, 5.41) is 15.6. The molecule has 0 bridgehead atoms. The van der Waals surface area contributed by atoms with Crippen LogP contribution in [0.4, 0.5) is 5.13 Å². The Hall–Kier alpha value is -1.46. The zero-order valence-electron chi connectivity index (χ0n) is 10.0. The Labute approximate surface area is 110 Å². The molecule has 1 aliphatic rings. The van der Waals surface area contributed by atoms with Crippen molar-refractivity contribution in [3.8, 4) is 0 Å². The van der Waals surface area contributed by atoms with Crippen LogP contribution in [0.1, 0.15) is 17.9 Å². The molecule has 1 saturated heterocycles. The summed E-state index contributed by atoms with van der Waals surface area (Å²) in [7, 11) is 0. The van der Waals surface area contributed by atoms with E-state index in [4.69, 9.17) is 0 Å². The number of anilines is 1. The van der Waals surface area contributed by atoms with Gasteiger partial charge in [-0.2, -0.15) is 0 Å². The Morgan fingerprint density at radius 1 is 1.33 bits per heavy atom. The topological polar surface area (TPSA) is 49.8 Å². The summed E-state index contributed by atoms with van der Waals surface area (Å²) in [6, 6.07) is 11.2. The summed E-state index contributed by atoms with van der Waals surface area (Å²) in [5.74, 6) is 0.632. The van der Waals surface area contributed by atoms with Gasteiger partial charge >= 0.3 is 0 Å². The molecule has 0 spiro atoms. The fourth-order valence-corrected chi connectivity index (χ4v) is 2.87. The van der Waals surface area contributed by atoms with Crippen molar-refractivity contribution in [3.05, 3.63) is 41.4 Å². The molecule has 94 valence electrons. The maximum Gasteiger partial charge on any atom is 0.205 e. The lowest BCUT2D eigenvalue weighted by Crippen LogP contribution is -2.29. The molecule has 2 N–H and O–H groups in total. The lowest BCUT2D eigenvalue weighted by atomic mass is 9.96. The largest absolute Gasteiger partial charge is 0.359 e. The molecule has 1 aliphatic heterocycles. The standard InChI is InChI=1S/C13H16N4S/c1-2-4-10(5-3-1)11-6-12(14-7-11)8-15-13-17-16-9-18-13/h1-5,9,11-12,14H,6-8H2,(H,15,17)/t11-,12+/m1/s1. The summed E-state index contributed by atoms with van der Waals surface area (Å²) in [4.78, 5) is 0. The van der Waals surface area contributed by atoms with Gasteiger partial charge in [0.15, 0.2) is 0 Å². The van der Waals surface area contributed by atoms with Crippen molar-refractivity contribution in [1.29, 1.82) is 0 Å². The molecule has 0 aliphatic carbocycles. The second-order valence-corrected chi connectivity index (χ2v) is 5.41. The van der Waals surface area contributed by atoms with E-state index in [9.17, 15) is 0 Å². The third kappa shape index (κ3) is 2.68. The summed E-state index contributed by atoms with van der Waals surface area (Å²) in [6.07, 6.45) is 1.18. The fraction of sp³-hybridized carbons (Fsp3) is 0.385. The van der Waals surface area contributed by atoms with E-state index in [1.807, 2.05) is 0 Å². The van der Waals surface area contributed by atoms with Crippen molar-refractivity contribution in [1.82, 2.24) is 15.5 Å². The summed E-state index contributed by atoms with van der Waals surface area (Å²) in [6.45, 7) is 1.98. The number of aromatic nitrogens is 2. The average molecular weight is 260 g/mol. The molecule has 0 saturated carbocycles. The van der Waals surface area contributed by atoms with Gasteiger partial charge in [0.2, 0.25) is 5.13 Å². The van der Waals surface area contributed by atoms with Crippen LogP contribution in [0, 0.1) is 0 Å². The number of rotatable bonds is 4. The average Bonchev–Trinajstić information content (AvgIpc) is 3.09. The monoisotopic (exact) mass is 260 g/mol. The molecule has 0 radical (unpaired) electrons. The van der Waals surface area contributed by atoms with Crippen LogP contribution in [-0.4, -0.2) is 29.3 Å². The summed E-state index contributed by atoms with van der Waals surface area (Å²) in [5.41, 5.74) is 3.18. The minimum Gasteiger partial charge on any atom is -0.359 e. The van der Waals surface area contributed by atoms with Crippen LogP contribution in [-0.2, 0) is 0 Å². The number of hydrogen-bond acceptors (Lipinski definition) is 5. The van der Waals surface area contributed by atoms with E-state index < -0.39 is 0 Å². The van der Waals surface area contributed by atoms with Gasteiger partial charge in [0.25, 0.3) is 0 Å². The zero-order valence-corrected chi connectivity index (χ0v) is 10.9. The molecule has 4 nitrogen and oxygen atoms in total. The van der Waals surface area contributed by atoms with Crippen molar-refractivity contribution in [2.24, 2.45) is 0 Å². The van der Waals surface area contributed by atoms with Crippen LogP contribution in [0.15, 0.2) is 35.8 Å². The van der Waals surface area contributed by atoms with Crippen molar-refractivity contribution in [3.63, 3.8) is 0 Å². The highest BCUT2D eigenvalue weighted by Crippen LogP contribution is 2.25. The first-order chi connectivity index (χ1) is 8.92. The van der Waals surface area contributed by atoms with Crippen molar-refractivity contribution >= 4 is 16.5 Å². The van der Waals surface area contributed by atoms with E-state index in [2.05, 4.69) is 51.2 Å². The lowest BCUT2D eigenvalue weighted by Gasteiger charge is -2.11. The van der Waals surface area contributed by atoms with Crippen LogP contribution in [0.25, 0.3) is 0 Å². The van der Waals surface area contributed by atoms with E-state index in [0.717, 1.165) is 18.2 Å². The molecule has 0 unspecified atom stereocenters. The molecule has 0 amide bonds. The van der Waals surface area contributed by atoms with E-state index in [1.54, 1.807) is 16.8 Å². The normalized spacial score (nSPS) is 23.1. The molecule has 2 atom stereocenters. The molecule has 5 heteroatoms. The highest BCUT2D eigenvalue weighted by molar-refractivity contribution is 7.13. The van der Waals surface area contributed by atoms with E-state index in [0.29, 0.717) is 12.0 Å². The minimum absolute atomic E-state index is 0.513. The molecule has 18 heavy (non-hydrogen) atoms. The maximum atomic E-state index is 3.98. The van der Waals surface area contributed by atoms with Gasteiger partial charge in [-0.3, -0.25) is 0 Å². The smallest absolute Gasteiger partial charge is 0.205 e. The molecule has 1 fully saturated rings. The second-order valence-electron chi connectivity index (χ2n) is 4.57. The summed E-state index contributed by atoms with van der Waals surface area (Å²) < 4.78 is 0. The Morgan fingerprint density at radius 2 is 2.22 bits per heavy atom. The van der Waals surface area contributed by atoms with E-state index in [1.165, 1.54) is 12.0 Å². The van der Waals surface area contributed by atoms with Gasteiger partial charge < -0.3 is 10.6 Å². The van der Waals surface area contributed by atoms with Crippen LogP contribution in [0.3, 0.4) is 0 Å². The molecular weight excluding hydrogens is 244 g/mol. The van der Waals surface area contributed by atoms with Gasteiger partial charge in [-0.1, -0.05) is 41.7 Å². The Balaban J connectivity index is 1.53. The quantitative estimate of drug-likeness (QED) is 0.884. The molecule has 2 heterocycles. The zero-order chi connectivity index (χ0) is 12.2. The Morgan fingerprint density at radius 3 is 3.00 bits per heavy atom. The first-order valence-electron chi connectivity index (χ1n) is 6.20.